The molecule has 0 heterocycles. The van der Waals surface area contributed by atoms with Crippen molar-refractivity contribution in [2.45, 2.75) is 6.04 Å². The lowest BCUT2D eigenvalue weighted by Gasteiger charge is -2.06. The Bertz CT molecular complexity index is 322. The number of hydrogen-bond donors (Lipinski definition) is 1. The van der Waals surface area contributed by atoms with E-state index in [1.54, 1.807) is 6.07 Å². The average molecular weight is 221 g/mol. The Kier molecular flexibility index (Phi) is 5.04. The van der Waals surface area contributed by atoms with Crippen LogP contribution in [0.1, 0.15) is 11.6 Å². The molecule has 6 heteroatoms. The van der Waals surface area contributed by atoms with Gasteiger partial charge in [-0.05, 0) is 0 Å². The summed E-state index contributed by atoms with van der Waals surface area (Å²) < 4.78 is 12.2. The maximum absolute atomic E-state index is 12.2. The maximum atomic E-state index is 12.2. The van der Waals surface area contributed by atoms with Crippen LogP contribution in [-0.4, -0.2) is 11.6 Å². The molecule has 1 aromatic rings. The molecule has 0 aromatic heterocycles. The van der Waals surface area contributed by atoms with Crippen LogP contribution in [0.3, 0.4) is 0 Å². The van der Waals surface area contributed by atoms with Gasteiger partial charge in [0.1, 0.15) is 6.67 Å². The van der Waals surface area contributed by atoms with Gasteiger partial charge in [0, 0.05) is 11.6 Å². The summed E-state index contributed by atoms with van der Waals surface area (Å²) in [5, 5.41) is 10.5. The van der Waals surface area contributed by atoms with Crippen LogP contribution in [0.4, 0.5) is 10.1 Å². The van der Waals surface area contributed by atoms with Gasteiger partial charge >= 0.3 is 0 Å². The van der Waals surface area contributed by atoms with Gasteiger partial charge in [-0.15, -0.1) is 12.4 Å². The first-order valence-electron chi connectivity index (χ1n) is 3.71. The summed E-state index contributed by atoms with van der Waals surface area (Å²) in [7, 11) is 0. The van der Waals surface area contributed by atoms with E-state index in [1.165, 1.54) is 18.2 Å². The fourth-order valence-corrected chi connectivity index (χ4v) is 1.05. The third-order valence-electron chi connectivity index (χ3n) is 1.70. The molecule has 0 aliphatic rings. The third-order valence-corrected chi connectivity index (χ3v) is 1.70. The van der Waals surface area contributed by atoms with E-state index in [1.807, 2.05) is 0 Å². The molecule has 1 rings (SSSR count). The zero-order valence-corrected chi connectivity index (χ0v) is 8.04. The number of nitro benzene ring substituents is 1. The van der Waals surface area contributed by atoms with E-state index >= 15 is 0 Å². The van der Waals surface area contributed by atoms with Crippen LogP contribution in [0.5, 0.6) is 0 Å². The molecule has 2 N–H and O–H groups in total. The molecule has 0 saturated heterocycles. The van der Waals surface area contributed by atoms with Gasteiger partial charge in [-0.1, -0.05) is 18.2 Å². The van der Waals surface area contributed by atoms with E-state index in [4.69, 9.17) is 5.73 Å². The van der Waals surface area contributed by atoms with Crippen molar-refractivity contribution in [1.29, 1.82) is 0 Å². The van der Waals surface area contributed by atoms with Crippen LogP contribution in [-0.2, 0) is 0 Å². The Morgan fingerprint density at radius 1 is 1.50 bits per heavy atom. The van der Waals surface area contributed by atoms with E-state index in [9.17, 15) is 14.5 Å². The number of para-hydroxylation sites is 1. The van der Waals surface area contributed by atoms with Gasteiger partial charge in [-0.25, -0.2) is 4.39 Å². The van der Waals surface area contributed by atoms with Crippen LogP contribution < -0.4 is 5.73 Å². The minimum Gasteiger partial charge on any atom is -0.322 e. The Morgan fingerprint density at radius 2 is 2.07 bits per heavy atom. The molecule has 0 radical (unpaired) electrons. The number of nitrogens with zero attached hydrogens (tertiary/aromatic N) is 1. The van der Waals surface area contributed by atoms with Gasteiger partial charge in [0.05, 0.1) is 11.0 Å². The largest absolute Gasteiger partial charge is 0.322 e. The molecule has 0 aliphatic heterocycles. The van der Waals surface area contributed by atoms with Gasteiger partial charge in [0.25, 0.3) is 5.69 Å². The topological polar surface area (TPSA) is 69.2 Å². The van der Waals surface area contributed by atoms with Crippen LogP contribution in [0, 0.1) is 10.1 Å². The predicted molar refractivity (Wildman–Crippen MR) is 53.2 cm³/mol. The molecule has 0 aliphatic carbocycles. The Labute approximate surface area is 86.5 Å². The van der Waals surface area contributed by atoms with Crippen molar-refractivity contribution < 1.29 is 9.31 Å². The molecule has 1 aromatic carbocycles. The number of rotatable bonds is 3. The fourth-order valence-electron chi connectivity index (χ4n) is 1.05. The monoisotopic (exact) mass is 220 g/mol. The van der Waals surface area contributed by atoms with Crippen molar-refractivity contribution >= 4 is 18.1 Å². The molecule has 0 amide bonds. The van der Waals surface area contributed by atoms with Crippen molar-refractivity contribution in [3.63, 3.8) is 0 Å². The van der Waals surface area contributed by atoms with Crippen molar-refractivity contribution in [3.05, 3.63) is 39.9 Å². The minimum atomic E-state index is -0.915. The molecule has 0 fully saturated rings. The van der Waals surface area contributed by atoms with Gasteiger partial charge < -0.3 is 5.73 Å². The molecular formula is C8H10ClFN2O2. The summed E-state index contributed by atoms with van der Waals surface area (Å²) in [5.74, 6) is 0. The zero-order chi connectivity index (χ0) is 9.84. The Morgan fingerprint density at radius 3 is 2.57 bits per heavy atom. The second kappa shape index (κ2) is 5.51. The number of nitrogens with two attached hydrogens (primary N) is 1. The van der Waals surface area contributed by atoms with E-state index in [-0.39, 0.29) is 23.7 Å². The van der Waals surface area contributed by atoms with Crippen molar-refractivity contribution in [3.8, 4) is 0 Å². The second-order valence-corrected chi connectivity index (χ2v) is 2.58. The molecule has 0 bridgehead atoms. The van der Waals surface area contributed by atoms with Crippen LogP contribution in [0.2, 0.25) is 0 Å². The van der Waals surface area contributed by atoms with Gasteiger partial charge in [0.15, 0.2) is 0 Å². The molecular weight excluding hydrogens is 211 g/mol. The SMILES string of the molecule is Cl.N[C@H](CF)c1ccccc1[N+](=O)[O-]. The standard InChI is InChI=1S/C8H9FN2O2.ClH/c9-5-7(10)6-3-1-2-4-8(6)11(12)13;/h1-4,7H,5,10H2;1H/t7-;/m1./s1. The molecule has 4 nitrogen and oxygen atoms in total. The van der Waals surface area contributed by atoms with Gasteiger partial charge in [0.2, 0.25) is 0 Å². The van der Waals surface area contributed by atoms with Crippen LogP contribution in [0.15, 0.2) is 24.3 Å². The Balaban J connectivity index is 0.00000169. The highest BCUT2D eigenvalue weighted by molar-refractivity contribution is 5.85. The Hall–Kier alpha value is -1.20. The zero-order valence-electron chi connectivity index (χ0n) is 7.22. The lowest BCUT2D eigenvalue weighted by Crippen LogP contribution is -2.13. The number of benzene rings is 1. The van der Waals surface area contributed by atoms with Crippen LogP contribution >= 0.6 is 12.4 Å². The van der Waals surface area contributed by atoms with E-state index in [0.29, 0.717) is 0 Å². The first kappa shape index (κ1) is 12.8. The number of alkyl halides is 1. The van der Waals surface area contributed by atoms with Crippen LogP contribution in [0.25, 0.3) is 0 Å². The lowest BCUT2D eigenvalue weighted by atomic mass is 10.1. The summed E-state index contributed by atoms with van der Waals surface area (Å²) in [6.45, 7) is -0.801. The average Bonchev–Trinajstić information content (AvgIpc) is 2.16. The molecule has 0 saturated carbocycles. The quantitative estimate of drug-likeness (QED) is 0.626. The lowest BCUT2D eigenvalue weighted by molar-refractivity contribution is -0.385. The molecule has 14 heavy (non-hydrogen) atoms. The van der Waals surface area contributed by atoms with Crippen molar-refractivity contribution in [1.82, 2.24) is 0 Å². The highest BCUT2D eigenvalue weighted by Gasteiger charge is 2.17. The third kappa shape index (κ3) is 2.65. The highest BCUT2D eigenvalue weighted by atomic mass is 35.5. The summed E-state index contributed by atoms with van der Waals surface area (Å²) in [5.41, 5.74) is 5.45. The van der Waals surface area contributed by atoms with E-state index < -0.39 is 17.6 Å². The molecule has 1 atom stereocenters. The van der Waals surface area contributed by atoms with Gasteiger partial charge in [-0.3, -0.25) is 10.1 Å². The fraction of sp³-hybridized carbons (Fsp3) is 0.250. The molecule has 78 valence electrons. The van der Waals surface area contributed by atoms with Crippen molar-refractivity contribution in [2.75, 3.05) is 6.67 Å². The van der Waals surface area contributed by atoms with E-state index in [2.05, 4.69) is 0 Å². The summed E-state index contributed by atoms with van der Waals surface area (Å²) in [4.78, 5) is 9.91. The smallest absolute Gasteiger partial charge is 0.274 e. The molecule has 0 spiro atoms. The summed E-state index contributed by atoms with van der Waals surface area (Å²) >= 11 is 0. The first-order valence-corrected chi connectivity index (χ1v) is 3.71. The number of hydrogen-bond acceptors (Lipinski definition) is 3. The van der Waals surface area contributed by atoms with Crippen molar-refractivity contribution in [2.24, 2.45) is 5.73 Å². The predicted octanol–water partition coefficient (Wildman–Crippen LogP) is 1.99. The van der Waals surface area contributed by atoms with E-state index in [0.717, 1.165) is 0 Å². The first-order chi connectivity index (χ1) is 6.16. The minimum absolute atomic E-state index is 0. The second-order valence-electron chi connectivity index (χ2n) is 2.58. The number of nitro groups is 1. The maximum Gasteiger partial charge on any atom is 0.274 e. The number of halogens is 2. The highest BCUT2D eigenvalue weighted by Crippen LogP contribution is 2.23. The summed E-state index contributed by atoms with van der Waals surface area (Å²) in [6, 6.07) is 4.97. The van der Waals surface area contributed by atoms with Gasteiger partial charge in [-0.2, -0.15) is 0 Å². The molecule has 0 unspecified atom stereocenters. The summed E-state index contributed by atoms with van der Waals surface area (Å²) in [6.07, 6.45) is 0. The normalized spacial score (nSPS) is 11.6.